The fourth-order valence-electron chi connectivity index (χ4n) is 1.28. The number of hydrogen-bond acceptors (Lipinski definition) is 4. The lowest BCUT2D eigenvalue weighted by Crippen LogP contribution is -2.12. The van der Waals surface area contributed by atoms with Crippen molar-refractivity contribution in [1.29, 1.82) is 0 Å². The van der Waals surface area contributed by atoms with Gasteiger partial charge in [-0.25, -0.2) is 0 Å². The van der Waals surface area contributed by atoms with E-state index in [4.69, 9.17) is 20.4 Å². The van der Waals surface area contributed by atoms with Gasteiger partial charge in [-0.05, 0) is 12.5 Å². The van der Waals surface area contributed by atoms with Crippen LogP contribution in [-0.2, 0) is 16.1 Å². The highest BCUT2D eigenvalue weighted by atomic mass is 16.5. The summed E-state index contributed by atoms with van der Waals surface area (Å²) in [5, 5.41) is 11.4. The van der Waals surface area contributed by atoms with Crippen molar-refractivity contribution in [3.8, 4) is 0 Å². The maximum atomic E-state index is 8.51. The Labute approximate surface area is 101 Å². The SMILES string of the molecule is CCOCCOCc1ccc(/C(N)=N/O)cc1. The summed E-state index contributed by atoms with van der Waals surface area (Å²) >= 11 is 0. The Morgan fingerprint density at radius 2 is 1.88 bits per heavy atom. The molecule has 17 heavy (non-hydrogen) atoms. The van der Waals surface area contributed by atoms with Crippen molar-refractivity contribution >= 4 is 5.84 Å². The summed E-state index contributed by atoms with van der Waals surface area (Å²) < 4.78 is 10.6. The van der Waals surface area contributed by atoms with Crippen LogP contribution < -0.4 is 5.73 Å². The Hall–Kier alpha value is -1.59. The third-order valence-corrected chi connectivity index (χ3v) is 2.20. The standard InChI is InChI=1S/C12H18N2O3/c1-2-16-7-8-17-9-10-3-5-11(6-4-10)12(13)14-15/h3-6,15H,2,7-9H2,1H3,(H2,13,14). The molecular formula is C12H18N2O3. The van der Waals surface area contributed by atoms with E-state index in [1.54, 1.807) is 12.1 Å². The zero-order valence-corrected chi connectivity index (χ0v) is 9.93. The van der Waals surface area contributed by atoms with Crippen LogP contribution in [0, 0.1) is 0 Å². The molecule has 94 valence electrons. The molecule has 0 bridgehead atoms. The molecule has 0 heterocycles. The van der Waals surface area contributed by atoms with E-state index < -0.39 is 0 Å². The fourth-order valence-corrected chi connectivity index (χ4v) is 1.28. The predicted molar refractivity (Wildman–Crippen MR) is 65.1 cm³/mol. The van der Waals surface area contributed by atoms with Gasteiger partial charge in [0.1, 0.15) is 0 Å². The Morgan fingerprint density at radius 1 is 1.24 bits per heavy atom. The molecule has 0 aromatic heterocycles. The number of hydrogen-bond donors (Lipinski definition) is 2. The van der Waals surface area contributed by atoms with Gasteiger partial charge in [0.15, 0.2) is 5.84 Å². The van der Waals surface area contributed by atoms with E-state index in [1.165, 1.54) is 0 Å². The van der Waals surface area contributed by atoms with Gasteiger partial charge >= 0.3 is 0 Å². The molecule has 3 N–H and O–H groups in total. The molecule has 0 atom stereocenters. The van der Waals surface area contributed by atoms with Gasteiger partial charge in [0, 0.05) is 12.2 Å². The van der Waals surface area contributed by atoms with Gasteiger partial charge in [0.2, 0.25) is 0 Å². The highest BCUT2D eigenvalue weighted by molar-refractivity contribution is 5.96. The molecule has 0 aliphatic heterocycles. The third kappa shape index (κ3) is 4.84. The quantitative estimate of drug-likeness (QED) is 0.247. The van der Waals surface area contributed by atoms with Crippen molar-refractivity contribution < 1.29 is 14.7 Å². The van der Waals surface area contributed by atoms with Crippen molar-refractivity contribution in [2.45, 2.75) is 13.5 Å². The molecule has 0 fully saturated rings. The van der Waals surface area contributed by atoms with Crippen LogP contribution in [0.2, 0.25) is 0 Å². The fraction of sp³-hybridized carbons (Fsp3) is 0.417. The van der Waals surface area contributed by atoms with Gasteiger partial charge in [0.25, 0.3) is 0 Å². The molecule has 0 radical (unpaired) electrons. The number of benzene rings is 1. The second-order valence-electron chi connectivity index (χ2n) is 3.43. The predicted octanol–water partition coefficient (Wildman–Crippen LogP) is 1.33. The molecule has 0 spiro atoms. The number of oxime groups is 1. The average molecular weight is 238 g/mol. The van der Waals surface area contributed by atoms with E-state index in [1.807, 2.05) is 19.1 Å². The molecule has 0 saturated carbocycles. The molecule has 1 aromatic carbocycles. The van der Waals surface area contributed by atoms with Gasteiger partial charge in [-0.15, -0.1) is 0 Å². The van der Waals surface area contributed by atoms with E-state index in [0.717, 1.165) is 5.56 Å². The lowest BCUT2D eigenvalue weighted by atomic mass is 10.1. The molecule has 5 nitrogen and oxygen atoms in total. The molecule has 0 aliphatic rings. The van der Waals surface area contributed by atoms with Gasteiger partial charge in [-0.1, -0.05) is 29.4 Å². The first-order valence-electron chi connectivity index (χ1n) is 5.50. The summed E-state index contributed by atoms with van der Waals surface area (Å²) in [5.74, 6) is 0.105. The zero-order chi connectivity index (χ0) is 12.5. The number of nitrogens with two attached hydrogens (primary N) is 1. The first-order valence-corrected chi connectivity index (χ1v) is 5.50. The minimum absolute atomic E-state index is 0.105. The molecule has 0 saturated heterocycles. The van der Waals surface area contributed by atoms with Crippen LogP contribution in [0.5, 0.6) is 0 Å². The summed E-state index contributed by atoms with van der Waals surface area (Å²) in [7, 11) is 0. The summed E-state index contributed by atoms with van der Waals surface area (Å²) in [5.41, 5.74) is 7.18. The van der Waals surface area contributed by atoms with Crippen LogP contribution in [0.3, 0.4) is 0 Å². The van der Waals surface area contributed by atoms with Crippen molar-refractivity contribution in [1.82, 2.24) is 0 Å². The summed E-state index contributed by atoms with van der Waals surface area (Å²) in [6.07, 6.45) is 0. The van der Waals surface area contributed by atoms with E-state index in [-0.39, 0.29) is 5.84 Å². The number of ether oxygens (including phenoxy) is 2. The van der Waals surface area contributed by atoms with Crippen LogP contribution in [0.25, 0.3) is 0 Å². The minimum Gasteiger partial charge on any atom is -0.409 e. The topological polar surface area (TPSA) is 77.1 Å². The van der Waals surface area contributed by atoms with Gasteiger partial charge < -0.3 is 20.4 Å². The average Bonchev–Trinajstić information content (AvgIpc) is 2.38. The molecule has 0 aliphatic carbocycles. The van der Waals surface area contributed by atoms with Crippen molar-refractivity contribution in [3.05, 3.63) is 35.4 Å². The smallest absolute Gasteiger partial charge is 0.170 e. The van der Waals surface area contributed by atoms with Gasteiger partial charge in [-0.3, -0.25) is 0 Å². The molecule has 0 unspecified atom stereocenters. The van der Waals surface area contributed by atoms with Crippen LogP contribution in [-0.4, -0.2) is 30.9 Å². The number of rotatable bonds is 7. The largest absolute Gasteiger partial charge is 0.409 e. The van der Waals surface area contributed by atoms with E-state index in [0.29, 0.717) is 32.0 Å². The number of nitrogens with zero attached hydrogens (tertiary/aromatic N) is 1. The molecule has 0 amide bonds. The summed E-state index contributed by atoms with van der Waals surface area (Å²) in [6, 6.07) is 7.34. The first-order chi connectivity index (χ1) is 8.27. The van der Waals surface area contributed by atoms with Crippen molar-refractivity contribution in [3.63, 3.8) is 0 Å². The van der Waals surface area contributed by atoms with Crippen molar-refractivity contribution in [2.24, 2.45) is 10.9 Å². The highest BCUT2D eigenvalue weighted by Gasteiger charge is 1.99. The third-order valence-electron chi connectivity index (χ3n) is 2.20. The van der Waals surface area contributed by atoms with Crippen LogP contribution in [0.15, 0.2) is 29.4 Å². The Kier molecular flexibility index (Phi) is 6.06. The van der Waals surface area contributed by atoms with Crippen LogP contribution >= 0.6 is 0 Å². The number of amidine groups is 1. The Balaban J connectivity index is 2.35. The van der Waals surface area contributed by atoms with Gasteiger partial charge in [0.05, 0.1) is 19.8 Å². The maximum Gasteiger partial charge on any atom is 0.170 e. The summed E-state index contributed by atoms with van der Waals surface area (Å²) in [6.45, 7) is 4.38. The lowest BCUT2D eigenvalue weighted by Gasteiger charge is -2.05. The maximum absolute atomic E-state index is 8.51. The minimum atomic E-state index is 0.105. The summed E-state index contributed by atoms with van der Waals surface area (Å²) in [4.78, 5) is 0. The second kappa shape index (κ2) is 7.65. The highest BCUT2D eigenvalue weighted by Crippen LogP contribution is 2.05. The zero-order valence-electron chi connectivity index (χ0n) is 9.93. The molecule has 1 aromatic rings. The molecule has 5 heteroatoms. The normalized spacial score (nSPS) is 11.7. The van der Waals surface area contributed by atoms with E-state index >= 15 is 0 Å². The van der Waals surface area contributed by atoms with E-state index in [9.17, 15) is 0 Å². The van der Waals surface area contributed by atoms with E-state index in [2.05, 4.69) is 5.16 Å². The molecule has 1 rings (SSSR count). The van der Waals surface area contributed by atoms with Gasteiger partial charge in [-0.2, -0.15) is 0 Å². The lowest BCUT2D eigenvalue weighted by molar-refractivity contribution is 0.0453. The Morgan fingerprint density at radius 3 is 2.47 bits per heavy atom. The second-order valence-corrected chi connectivity index (χ2v) is 3.43. The monoisotopic (exact) mass is 238 g/mol. The van der Waals surface area contributed by atoms with Crippen LogP contribution in [0.1, 0.15) is 18.1 Å². The van der Waals surface area contributed by atoms with Crippen LogP contribution in [0.4, 0.5) is 0 Å². The Bertz CT molecular complexity index is 349. The molecular weight excluding hydrogens is 220 g/mol. The first kappa shape index (κ1) is 13.5. The van der Waals surface area contributed by atoms with Crippen molar-refractivity contribution in [2.75, 3.05) is 19.8 Å².